The average Bonchev–Trinajstić information content (AvgIpc) is 2.11. The maximum absolute atomic E-state index is 5.63. The molecule has 0 aliphatic rings. The summed E-state index contributed by atoms with van der Waals surface area (Å²) in [7, 11) is 0. The van der Waals surface area contributed by atoms with Gasteiger partial charge in [0, 0.05) is 6.07 Å². The maximum Gasteiger partial charge on any atom is 0.213 e. The highest BCUT2D eigenvalue weighted by Crippen LogP contribution is 2.15. The Morgan fingerprint density at radius 3 is 2.77 bits per heavy atom. The van der Waals surface area contributed by atoms with Gasteiger partial charge in [0.05, 0.1) is 17.5 Å². The summed E-state index contributed by atoms with van der Waals surface area (Å²) in [4.78, 5) is 4.21. The van der Waals surface area contributed by atoms with E-state index in [1.165, 1.54) is 0 Å². The Labute approximate surface area is 78.9 Å². The number of aromatic nitrogens is 1. The molecule has 0 saturated carbocycles. The van der Waals surface area contributed by atoms with E-state index in [0.717, 1.165) is 12.1 Å². The van der Waals surface area contributed by atoms with Gasteiger partial charge in [0.15, 0.2) is 0 Å². The van der Waals surface area contributed by atoms with Gasteiger partial charge in [-0.3, -0.25) is 0 Å². The van der Waals surface area contributed by atoms with Crippen molar-refractivity contribution < 1.29 is 4.74 Å². The van der Waals surface area contributed by atoms with Crippen LogP contribution in [-0.2, 0) is 0 Å². The zero-order valence-corrected chi connectivity index (χ0v) is 8.37. The van der Waals surface area contributed by atoms with Crippen LogP contribution in [0.15, 0.2) is 12.1 Å². The lowest BCUT2D eigenvalue weighted by Crippen LogP contribution is -2.11. The van der Waals surface area contributed by atoms with Crippen LogP contribution >= 0.6 is 0 Å². The fraction of sp³-hybridized carbons (Fsp3) is 0.500. The van der Waals surface area contributed by atoms with Gasteiger partial charge in [-0.1, -0.05) is 6.92 Å². The normalized spacial score (nSPS) is 12.5. The molecule has 3 nitrogen and oxygen atoms in total. The highest BCUT2D eigenvalue weighted by atomic mass is 16.5. The largest absolute Gasteiger partial charge is 0.475 e. The summed E-state index contributed by atoms with van der Waals surface area (Å²) in [6.45, 7) is 5.97. The molecule has 1 heterocycles. The molecule has 1 aromatic rings. The lowest BCUT2D eigenvalue weighted by atomic mass is 10.3. The molecule has 0 aliphatic carbocycles. The van der Waals surface area contributed by atoms with E-state index in [-0.39, 0.29) is 6.10 Å². The molecule has 0 bridgehead atoms. The van der Waals surface area contributed by atoms with Crippen molar-refractivity contribution in [1.29, 1.82) is 0 Å². The Bertz CT molecular complexity index is 286. The maximum atomic E-state index is 5.63. The van der Waals surface area contributed by atoms with Crippen molar-refractivity contribution in [2.45, 2.75) is 33.3 Å². The Morgan fingerprint density at radius 2 is 2.23 bits per heavy atom. The predicted molar refractivity (Wildman–Crippen MR) is 53.8 cm³/mol. The van der Waals surface area contributed by atoms with E-state index in [0.29, 0.717) is 11.6 Å². The van der Waals surface area contributed by atoms with E-state index in [1.807, 2.05) is 19.9 Å². The first-order valence-electron chi connectivity index (χ1n) is 4.53. The van der Waals surface area contributed by atoms with E-state index in [2.05, 4.69) is 11.9 Å². The van der Waals surface area contributed by atoms with Crippen LogP contribution < -0.4 is 10.5 Å². The van der Waals surface area contributed by atoms with Gasteiger partial charge in [0.25, 0.3) is 0 Å². The molecule has 3 heteroatoms. The third-order valence-corrected chi connectivity index (χ3v) is 2.00. The first-order chi connectivity index (χ1) is 6.13. The molecule has 0 radical (unpaired) electrons. The van der Waals surface area contributed by atoms with E-state index >= 15 is 0 Å². The number of ether oxygens (including phenoxy) is 1. The van der Waals surface area contributed by atoms with E-state index in [4.69, 9.17) is 10.5 Å². The zero-order chi connectivity index (χ0) is 9.84. The number of nitrogen functional groups attached to an aromatic ring is 1. The number of pyridine rings is 1. The molecule has 1 unspecified atom stereocenters. The van der Waals surface area contributed by atoms with Crippen molar-refractivity contribution in [2.75, 3.05) is 5.73 Å². The topological polar surface area (TPSA) is 48.1 Å². The number of nitrogens with two attached hydrogens (primary N) is 1. The van der Waals surface area contributed by atoms with Gasteiger partial charge >= 0.3 is 0 Å². The predicted octanol–water partition coefficient (Wildman–Crippen LogP) is 2.15. The van der Waals surface area contributed by atoms with Crippen LogP contribution in [0.25, 0.3) is 0 Å². The molecule has 0 aromatic carbocycles. The van der Waals surface area contributed by atoms with Crippen molar-refractivity contribution in [1.82, 2.24) is 4.98 Å². The molecule has 1 atom stereocenters. The van der Waals surface area contributed by atoms with Crippen LogP contribution in [-0.4, -0.2) is 11.1 Å². The van der Waals surface area contributed by atoms with Crippen molar-refractivity contribution in [2.24, 2.45) is 0 Å². The summed E-state index contributed by atoms with van der Waals surface area (Å²) in [6.07, 6.45) is 1.18. The third-order valence-electron chi connectivity index (χ3n) is 2.00. The van der Waals surface area contributed by atoms with Crippen LogP contribution in [0.2, 0.25) is 0 Å². The molecule has 0 aliphatic heterocycles. The van der Waals surface area contributed by atoms with Gasteiger partial charge in [0.1, 0.15) is 0 Å². The first kappa shape index (κ1) is 9.84. The minimum atomic E-state index is 0.204. The van der Waals surface area contributed by atoms with Crippen LogP contribution in [0.4, 0.5) is 5.69 Å². The quantitative estimate of drug-likeness (QED) is 0.775. The van der Waals surface area contributed by atoms with Gasteiger partial charge in [-0.2, -0.15) is 0 Å². The van der Waals surface area contributed by atoms with Crippen molar-refractivity contribution >= 4 is 5.69 Å². The monoisotopic (exact) mass is 180 g/mol. The molecule has 0 saturated heterocycles. The number of nitrogens with zero attached hydrogens (tertiary/aromatic N) is 1. The molecular formula is C10H16N2O. The number of aryl methyl sites for hydroxylation is 1. The standard InChI is InChI=1S/C10H16N2O/c1-4-7(2)13-10-6-5-9(11)8(3)12-10/h5-7H,4,11H2,1-3H3. The Hall–Kier alpha value is -1.25. The lowest BCUT2D eigenvalue weighted by molar-refractivity contribution is 0.208. The minimum absolute atomic E-state index is 0.204. The average molecular weight is 180 g/mol. The summed E-state index contributed by atoms with van der Waals surface area (Å²) in [6, 6.07) is 3.62. The fourth-order valence-electron chi connectivity index (χ4n) is 0.904. The molecule has 13 heavy (non-hydrogen) atoms. The summed E-state index contributed by atoms with van der Waals surface area (Å²) in [5.74, 6) is 0.654. The van der Waals surface area contributed by atoms with E-state index in [9.17, 15) is 0 Å². The van der Waals surface area contributed by atoms with Gasteiger partial charge in [-0.15, -0.1) is 0 Å². The van der Waals surface area contributed by atoms with Crippen molar-refractivity contribution in [3.05, 3.63) is 17.8 Å². The summed E-state index contributed by atoms with van der Waals surface area (Å²) < 4.78 is 5.53. The second-order valence-corrected chi connectivity index (χ2v) is 3.16. The highest BCUT2D eigenvalue weighted by Gasteiger charge is 2.03. The van der Waals surface area contributed by atoms with E-state index in [1.54, 1.807) is 6.07 Å². The molecule has 72 valence electrons. The second-order valence-electron chi connectivity index (χ2n) is 3.16. The summed E-state index contributed by atoms with van der Waals surface area (Å²) in [5, 5.41) is 0. The molecule has 0 amide bonds. The van der Waals surface area contributed by atoms with Crippen molar-refractivity contribution in [3.63, 3.8) is 0 Å². The smallest absolute Gasteiger partial charge is 0.213 e. The lowest BCUT2D eigenvalue weighted by Gasteiger charge is -2.12. The van der Waals surface area contributed by atoms with Crippen LogP contribution in [0.1, 0.15) is 26.0 Å². The molecule has 1 rings (SSSR count). The SMILES string of the molecule is CCC(C)Oc1ccc(N)c(C)n1. The van der Waals surface area contributed by atoms with Crippen LogP contribution in [0, 0.1) is 6.92 Å². The van der Waals surface area contributed by atoms with Crippen LogP contribution in [0.3, 0.4) is 0 Å². The molecule has 1 aromatic heterocycles. The molecule has 0 spiro atoms. The Morgan fingerprint density at radius 1 is 1.54 bits per heavy atom. The van der Waals surface area contributed by atoms with Crippen molar-refractivity contribution in [3.8, 4) is 5.88 Å². The first-order valence-corrected chi connectivity index (χ1v) is 4.53. The third kappa shape index (κ3) is 2.61. The Kier molecular flexibility index (Phi) is 3.12. The highest BCUT2D eigenvalue weighted by molar-refractivity contribution is 5.43. The zero-order valence-electron chi connectivity index (χ0n) is 8.37. The van der Waals surface area contributed by atoms with Gasteiger partial charge in [-0.05, 0) is 26.3 Å². The van der Waals surface area contributed by atoms with Gasteiger partial charge < -0.3 is 10.5 Å². The summed E-state index contributed by atoms with van der Waals surface area (Å²) >= 11 is 0. The number of rotatable bonds is 3. The minimum Gasteiger partial charge on any atom is -0.475 e. The molecular weight excluding hydrogens is 164 g/mol. The fourth-order valence-corrected chi connectivity index (χ4v) is 0.904. The number of hydrogen-bond acceptors (Lipinski definition) is 3. The van der Waals surface area contributed by atoms with Gasteiger partial charge in [-0.25, -0.2) is 4.98 Å². The second kappa shape index (κ2) is 4.12. The van der Waals surface area contributed by atoms with E-state index < -0.39 is 0 Å². The molecule has 2 N–H and O–H groups in total. The van der Waals surface area contributed by atoms with Crippen LogP contribution in [0.5, 0.6) is 5.88 Å². The molecule has 0 fully saturated rings. The Balaban J connectivity index is 2.73. The number of anilines is 1. The van der Waals surface area contributed by atoms with Gasteiger partial charge in [0.2, 0.25) is 5.88 Å². The summed E-state index contributed by atoms with van der Waals surface area (Å²) in [5.41, 5.74) is 7.16. The number of hydrogen-bond donors (Lipinski definition) is 1.